The predicted octanol–water partition coefficient (Wildman–Crippen LogP) is 2.71. The van der Waals surface area contributed by atoms with Crippen LogP contribution in [-0.2, 0) is 10.3 Å². The van der Waals surface area contributed by atoms with Crippen LogP contribution in [0.1, 0.15) is 24.8 Å². The van der Waals surface area contributed by atoms with Crippen LogP contribution in [0.3, 0.4) is 0 Å². The van der Waals surface area contributed by atoms with Crippen LogP contribution in [0.15, 0.2) is 24.3 Å². The second-order valence-corrected chi connectivity index (χ2v) is 5.23. The molecule has 1 atom stereocenters. The van der Waals surface area contributed by atoms with Gasteiger partial charge in [-0.05, 0) is 37.0 Å². The lowest BCUT2D eigenvalue weighted by molar-refractivity contribution is 0.187. The van der Waals surface area contributed by atoms with Gasteiger partial charge in [0.15, 0.2) is 0 Å². The van der Waals surface area contributed by atoms with Gasteiger partial charge < -0.3 is 10.1 Å². The molecule has 1 saturated carbocycles. The van der Waals surface area contributed by atoms with Gasteiger partial charge >= 0.3 is 0 Å². The number of benzene rings is 1. The molecule has 1 aliphatic heterocycles. The lowest BCUT2D eigenvalue weighted by Gasteiger charge is -2.22. The fraction of sp³-hybridized carbons (Fsp3) is 0.538. The summed E-state index contributed by atoms with van der Waals surface area (Å²) in [7, 11) is 0. The van der Waals surface area contributed by atoms with E-state index in [0.29, 0.717) is 6.04 Å². The second-order valence-electron chi connectivity index (χ2n) is 4.80. The minimum absolute atomic E-state index is 0.184. The molecule has 86 valence electrons. The van der Waals surface area contributed by atoms with Gasteiger partial charge in [0.05, 0.1) is 6.61 Å². The maximum atomic E-state index is 6.04. The van der Waals surface area contributed by atoms with E-state index in [4.69, 9.17) is 16.3 Å². The van der Waals surface area contributed by atoms with E-state index in [2.05, 4.69) is 17.4 Å². The first-order valence-corrected chi connectivity index (χ1v) is 6.28. The second kappa shape index (κ2) is 4.02. The highest BCUT2D eigenvalue weighted by atomic mass is 35.5. The van der Waals surface area contributed by atoms with Crippen molar-refractivity contribution >= 4 is 11.6 Å². The van der Waals surface area contributed by atoms with Crippen LogP contribution in [0.25, 0.3) is 0 Å². The molecule has 1 N–H and O–H groups in total. The Bertz CT molecular complexity index is 383. The van der Waals surface area contributed by atoms with Crippen LogP contribution >= 0.6 is 11.6 Å². The third kappa shape index (κ3) is 1.97. The van der Waals surface area contributed by atoms with Crippen LogP contribution in [0, 0.1) is 0 Å². The SMILES string of the molecule is Clc1cccc(C2(N[C@@H]3CCOC3)CC2)c1. The Morgan fingerprint density at radius 1 is 1.38 bits per heavy atom. The molecule has 0 aromatic heterocycles. The zero-order valence-electron chi connectivity index (χ0n) is 9.21. The molecule has 2 aliphatic rings. The largest absolute Gasteiger partial charge is 0.380 e. The van der Waals surface area contributed by atoms with Crippen molar-refractivity contribution in [2.24, 2.45) is 0 Å². The smallest absolute Gasteiger partial charge is 0.0620 e. The van der Waals surface area contributed by atoms with E-state index in [-0.39, 0.29) is 5.54 Å². The van der Waals surface area contributed by atoms with Gasteiger partial charge in [0, 0.05) is 23.2 Å². The van der Waals surface area contributed by atoms with Gasteiger partial charge in [-0.25, -0.2) is 0 Å². The summed E-state index contributed by atoms with van der Waals surface area (Å²) in [4.78, 5) is 0. The van der Waals surface area contributed by atoms with Crippen molar-refractivity contribution in [1.82, 2.24) is 5.32 Å². The minimum Gasteiger partial charge on any atom is -0.380 e. The highest BCUT2D eigenvalue weighted by molar-refractivity contribution is 6.30. The molecule has 2 nitrogen and oxygen atoms in total. The van der Waals surface area contributed by atoms with Gasteiger partial charge in [0.1, 0.15) is 0 Å². The maximum Gasteiger partial charge on any atom is 0.0620 e. The van der Waals surface area contributed by atoms with E-state index < -0.39 is 0 Å². The quantitative estimate of drug-likeness (QED) is 0.873. The van der Waals surface area contributed by atoms with E-state index in [1.807, 2.05) is 12.1 Å². The molecule has 3 rings (SSSR count). The number of nitrogens with one attached hydrogen (secondary N) is 1. The molecule has 0 radical (unpaired) electrons. The zero-order chi connectivity index (χ0) is 11.0. The van der Waals surface area contributed by atoms with Crippen molar-refractivity contribution < 1.29 is 4.74 Å². The Hall–Kier alpha value is -0.570. The van der Waals surface area contributed by atoms with Crippen molar-refractivity contribution in [3.8, 4) is 0 Å². The molecule has 0 unspecified atom stereocenters. The van der Waals surface area contributed by atoms with Crippen molar-refractivity contribution in [2.45, 2.75) is 30.8 Å². The monoisotopic (exact) mass is 237 g/mol. The molecule has 1 aliphatic carbocycles. The van der Waals surface area contributed by atoms with Crippen molar-refractivity contribution in [2.75, 3.05) is 13.2 Å². The molecule has 0 spiro atoms. The van der Waals surface area contributed by atoms with Crippen molar-refractivity contribution in [1.29, 1.82) is 0 Å². The van der Waals surface area contributed by atoms with Gasteiger partial charge in [0.2, 0.25) is 0 Å². The number of ether oxygens (including phenoxy) is 1. The van der Waals surface area contributed by atoms with E-state index in [1.54, 1.807) is 0 Å². The first-order chi connectivity index (χ1) is 7.78. The van der Waals surface area contributed by atoms with Crippen molar-refractivity contribution in [3.05, 3.63) is 34.9 Å². The third-order valence-electron chi connectivity index (χ3n) is 3.54. The van der Waals surface area contributed by atoms with Gasteiger partial charge in [-0.1, -0.05) is 23.7 Å². The minimum atomic E-state index is 0.184. The highest BCUT2D eigenvalue weighted by Crippen LogP contribution is 2.46. The molecule has 1 saturated heterocycles. The van der Waals surface area contributed by atoms with Crippen LogP contribution in [0.2, 0.25) is 5.02 Å². The lowest BCUT2D eigenvalue weighted by Crippen LogP contribution is -2.38. The number of hydrogen-bond donors (Lipinski definition) is 1. The van der Waals surface area contributed by atoms with E-state index in [0.717, 1.165) is 24.7 Å². The van der Waals surface area contributed by atoms with Gasteiger partial charge in [-0.2, -0.15) is 0 Å². The molecule has 1 heterocycles. The zero-order valence-corrected chi connectivity index (χ0v) is 9.96. The first kappa shape index (κ1) is 10.6. The normalized spacial score (nSPS) is 26.9. The van der Waals surface area contributed by atoms with Crippen LogP contribution in [-0.4, -0.2) is 19.3 Å². The highest BCUT2D eigenvalue weighted by Gasteiger charge is 2.45. The number of rotatable bonds is 3. The summed E-state index contributed by atoms with van der Waals surface area (Å²) in [5.41, 5.74) is 1.51. The van der Waals surface area contributed by atoms with E-state index >= 15 is 0 Å². The fourth-order valence-corrected chi connectivity index (χ4v) is 2.66. The van der Waals surface area contributed by atoms with Crippen LogP contribution < -0.4 is 5.32 Å². The summed E-state index contributed by atoms with van der Waals surface area (Å²) in [5, 5.41) is 4.55. The Morgan fingerprint density at radius 2 is 2.25 bits per heavy atom. The molecule has 2 fully saturated rings. The predicted molar refractivity (Wildman–Crippen MR) is 64.7 cm³/mol. The number of hydrogen-bond acceptors (Lipinski definition) is 2. The molecular weight excluding hydrogens is 222 g/mol. The average Bonchev–Trinajstić information content (AvgIpc) is 2.87. The molecule has 3 heteroatoms. The van der Waals surface area contributed by atoms with Crippen molar-refractivity contribution in [3.63, 3.8) is 0 Å². The summed E-state index contributed by atoms with van der Waals surface area (Å²) in [6.45, 7) is 1.74. The van der Waals surface area contributed by atoms with Crippen LogP contribution in [0.5, 0.6) is 0 Å². The Labute approximate surface area is 101 Å². The fourth-order valence-electron chi connectivity index (χ4n) is 2.47. The first-order valence-electron chi connectivity index (χ1n) is 5.90. The molecule has 1 aromatic rings. The van der Waals surface area contributed by atoms with E-state index in [9.17, 15) is 0 Å². The summed E-state index contributed by atoms with van der Waals surface area (Å²) in [5.74, 6) is 0. The molecule has 0 amide bonds. The maximum absolute atomic E-state index is 6.04. The summed E-state index contributed by atoms with van der Waals surface area (Å²) < 4.78 is 5.40. The topological polar surface area (TPSA) is 21.3 Å². The van der Waals surface area contributed by atoms with E-state index in [1.165, 1.54) is 18.4 Å². The summed E-state index contributed by atoms with van der Waals surface area (Å²) in [6.07, 6.45) is 3.55. The molecule has 1 aromatic carbocycles. The Morgan fingerprint density at radius 3 is 2.88 bits per heavy atom. The molecule has 0 bridgehead atoms. The van der Waals surface area contributed by atoms with Gasteiger partial charge in [-0.3, -0.25) is 0 Å². The number of halogens is 1. The molecule has 16 heavy (non-hydrogen) atoms. The summed E-state index contributed by atoms with van der Waals surface area (Å²) >= 11 is 6.04. The summed E-state index contributed by atoms with van der Waals surface area (Å²) in [6, 6.07) is 8.73. The lowest BCUT2D eigenvalue weighted by atomic mass is 10.0. The Kier molecular flexibility index (Phi) is 2.66. The van der Waals surface area contributed by atoms with Gasteiger partial charge in [-0.15, -0.1) is 0 Å². The third-order valence-corrected chi connectivity index (χ3v) is 3.77. The standard InChI is InChI=1S/C13H16ClNO/c14-11-3-1-2-10(8-11)13(5-6-13)15-12-4-7-16-9-12/h1-3,8,12,15H,4-7,9H2/t12-/m1/s1. The average molecular weight is 238 g/mol. The molecular formula is C13H16ClNO. The van der Waals surface area contributed by atoms with Gasteiger partial charge in [0.25, 0.3) is 0 Å². The Balaban J connectivity index is 1.77. The van der Waals surface area contributed by atoms with Crippen LogP contribution in [0.4, 0.5) is 0 Å².